The first-order chi connectivity index (χ1) is 17.9. The van der Waals surface area contributed by atoms with Crippen molar-refractivity contribution >= 4 is 27.6 Å². The molecular weight excluding hydrogens is 532 g/mol. The third-order valence-corrected chi connectivity index (χ3v) is 7.56. The van der Waals surface area contributed by atoms with Gasteiger partial charge in [-0.25, -0.2) is 17.6 Å². The van der Waals surface area contributed by atoms with E-state index >= 15 is 0 Å². The molecule has 0 spiro atoms. The fourth-order valence-corrected chi connectivity index (χ4v) is 5.35. The number of nitrogens with zero attached hydrogens (tertiary/aromatic N) is 1. The molecule has 0 aromatic heterocycles. The second-order valence-corrected chi connectivity index (χ2v) is 10.1. The molecule has 1 aliphatic rings. The van der Waals surface area contributed by atoms with Gasteiger partial charge in [0, 0.05) is 12.1 Å². The lowest BCUT2D eigenvalue weighted by atomic mass is 10.1. The molecule has 4 rings (SSSR count). The van der Waals surface area contributed by atoms with Crippen molar-refractivity contribution in [2.45, 2.75) is 17.5 Å². The van der Waals surface area contributed by atoms with Crippen LogP contribution in [-0.2, 0) is 22.6 Å². The number of carboxylic acids is 1. The first-order valence-corrected chi connectivity index (χ1v) is 12.6. The normalized spacial score (nSPS) is 13.4. The molecule has 8 nitrogen and oxygen atoms in total. The second kappa shape index (κ2) is 10.3. The van der Waals surface area contributed by atoms with E-state index in [9.17, 15) is 35.6 Å². The van der Waals surface area contributed by atoms with Gasteiger partial charge in [0.1, 0.15) is 18.2 Å². The Kier molecular flexibility index (Phi) is 7.31. The summed E-state index contributed by atoms with van der Waals surface area (Å²) in [5, 5.41) is 11.5. The number of aromatic carboxylic acids is 1. The van der Waals surface area contributed by atoms with E-state index in [1.165, 1.54) is 24.3 Å². The van der Waals surface area contributed by atoms with Gasteiger partial charge in [-0.2, -0.15) is 13.2 Å². The van der Waals surface area contributed by atoms with Crippen molar-refractivity contribution in [3.63, 3.8) is 0 Å². The maximum atomic E-state index is 13.9. The Hall–Kier alpha value is -4.13. The lowest BCUT2D eigenvalue weighted by Gasteiger charge is -2.31. The van der Waals surface area contributed by atoms with E-state index in [0.29, 0.717) is 11.6 Å². The van der Waals surface area contributed by atoms with Gasteiger partial charge < -0.3 is 15.2 Å². The topological polar surface area (TPSA) is 113 Å². The highest BCUT2D eigenvalue weighted by atomic mass is 32.2. The molecule has 0 bridgehead atoms. The molecule has 1 aliphatic heterocycles. The summed E-state index contributed by atoms with van der Waals surface area (Å²) >= 11 is 0. The maximum absolute atomic E-state index is 13.9. The van der Waals surface area contributed by atoms with Crippen LogP contribution in [0.4, 0.5) is 23.2 Å². The number of carboxylic acid groups (broad SMARTS) is 1. The number of rotatable bonds is 7. The van der Waals surface area contributed by atoms with Crippen LogP contribution in [0.1, 0.15) is 31.8 Å². The van der Waals surface area contributed by atoms with E-state index in [4.69, 9.17) is 9.84 Å². The maximum Gasteiger partial charge on any atom is 0.416 e. The number of halogens is 4. The lowest BCUT2D eigenvalue weighted by molar-refractivity contribution is -0.137. The highest BCUT2D eigenvalue weighted by Gasteiger charge is 2.35. The van der Waals surface area contributed by atoms with Crippen molar-refractivity contribution < 1.29 is 45.4 Å². The Morgan fingerprint density at radius 1 is 1.05 bits per heavy atom. The van der Waals surface area contributed by atoms with Crippen molar-refractivity contribution in [3.05, 3.63) is 88.7 Å². The minimum Gasteiger partial charge on any atom is -0.489 e. The molecule has 3 aromatic rings. The predicted molar refractivity (Wildman–Crippen MR) is 127 cm³/mol. The number of sulfonamides is 1. The van der Waals surface area contributed by atoms with Gasteiger partial charge in [0.2, 0.25) is 0 Å². The monoisotopic (exact) mass is 552 g/mol. The lowest BCUT2D eigenvalue weighted by Crippen LogP contribution is -2.38. The summed E-state index contributed by atoms with van der Waals surface area (Å²) in [7, 11) is -4.42. The SMILES string of the molecule is O=C(NCCc1ccc(C(=O)O)c(F)c1)c1ccc2c(c1)N(S(=O)(=O)c1cccc(C(F)(F)F)c1)CCO2. The van der Waals surface area contributed by atoms with Crippen LogP contribution in [0.2, 0.25) is 0 Å². The van der Waals surface area contributed by atoms with Crippen LogP contribution in [0.15, 0.2) is 65.6 Å². The van der Waals surface area contributed by atoms with Crippen LogP contribution < -0.4 is 14.4 Å². The van der Waals surface area contributed by atoms with Crippen molar-refractivity contribution in [1.29, 1.82) is 0 Å². The number of ether oxygens (including phenoxy) is 1. The molecule has 0 fully saturated rings. The van der Waals surface area contributed by atoms with Crippen molar-refractivity contribution in [2.75, 3.05) is 24.0 Å². The highest BCUT2D eigenvalue weighted by Crippen LogP contribution is 2.37. The van der Waals surface area contributed by atoms with Gasteiger partial charge in [-0.1, -0.05) is 12.1 Å². The number of hydrogen-bond donors (Lipinski definition) is 2. The number of benzene rings is 3. The molecule has 0 aliphatic carbocycles. The number of amides is 1. The molecule has 0 unspecified atom stereocenters. The molecule has 13 heteroatoms. The fraction of sp³-hybridized carbons (Fsp3) is 0.200. The summed E-state index contributed by atoms with van der Waals surface area (Å²) in [6, 6.07) is 11.0. The highest BCUT2D eigenvalue weighted by molar-refractivity contribution is 7.92. The standard InChI is InChI=1S/C25H20F4N2O6S/c26-20-12-15(4-6-19(20)24(33)34)8-9-30-23(32)16-5-7-22-21(13-16)31(10-11-37-22)38(35,36)18-3-1-2-17(14-18)25(27,28)29/h1-7,12-14H,8-11H2,(H,30,32)(H,33,34). The van der Waals surface area contributed by atoms with E-state index in [1.54, 1.807) is 0 Å². The molecule has 38 heavy (non-hydrogen) atoms. The summed E-state index contributed by atoms with van der Waals surface area (Å²) in [5.74, 6) is -2.75. The minimum atomic E-state index is -4.73. The Morgan fingerprint density at radius 3 is 2.50 bits per heavy atom. The van der Waals surface area contributed by atoms with Gasteiger partial charge in [-0.15, -0.1) is 0 Å². The number of hydrogen-bond acceptors (Lipinski definition) is 5. The summed E-state index contributed by atoms with van der Waals surface area (Å²) in [4.78, 5) is 23.1. The van der Waals surface area contributed by atoms with Crippen LogP contribution in [0.25, 0.3) is 0 Å². The number of carbonyl (C=O) groups excluding carboxylic acids is 1. The Bertz CT molecular complexity index is 1510. The number of fused-ring (bicyclic) bond motifs is 1. The zero-order valence-corrected chi connectivity index (χ0v) is 20.3. The average Bonchev–Trinajstić information content (AvgIpc) is 2.87. The van der Waals surface area contributed by atoms with Crippen molar-refractivity contribution in [2.24, 2.45) is 0 Å². The molecule has 0 saturated carbocycles. The second-order valence-electron chi connectivity index (χ2n) is 8.26. The number of alkyl halides is 3. The largest absolute Gasteiger partial charge is 0.489 e. The molecule has 0 radical (unpaired) electrons. The quantitative estimate of drug-likeness (QED) is 0.427. The van der Waals surface area contributed by atoms with Crippen LogP contribution in [-0.4, -0.2) is 45.1 Å². The molecule has 0 saturated heterocycles. The number of nitrogens with one attached hydrogen (secondary N) is 1. The number of carbonyl (C=O) groups is 2. The predicted octanol–water partition coefficient (Wildman–Crippen LogP) is 4.10. The number of anilines is 1. The van der Waals surface area contributed by atoms with E-state index in [0.717, 1.165) is 34.6 Å². The molecular formula is C25H20F4N2O6S. The van der Waals surface area contributed by atoms with E-state index in [-0.39, 0.29) is 43.1 Å². The minimum absolute atomic E-state index is 0.00681. The van der Waals surface area contributed by atoms with Crippen LogP contribution in [0, 0.1) is 5.82 Å². The fourth-order valence-electron chi connectivity index (χ4n) is 3.85. The van der Waals surface area contributed by atoms with Crippen molar-refractivity contribution in [3.8, 4) is 5.75 Å². The zero-order valence-electron chi connectivity index (χ0n) is 19.5. The van der Waals surface area contributed by atoms with E-state index < -0.39 is 49.9 Å². The van der Waals surface area contributed by atoms with Crippen LogP contribution >= 0.6 is 0 Å². The van der Waals surface area contributed by atoms with Gasteiger partial charge in [-0.3, -0.25) is 9.10 Å². The summed E-state index contributed by atoms with van der Waals surface area (Å²) < 4.78 is 86.2. The molecule has 200 valence electrons. The Morgan fingerprint density at radius 2 is 1.82 bits per heavy atom. The van der Waals surface area contributed by atoms with Gasteiger partial charge in [0.15, 0.2) is 0 Å². The molecule has 0 atom stereocenters. The summed E-state index contributed by atoms with van der Waals surface area (Å²) in [6.45, 7) is -0.174. The van der Waals surface area contributed by atoms with Gasteiger partial charge >= 0.3 is 12.1 Å². The van der Waals surface area contributed by atoms with Crippen LogP contribution in [0.5, 0.6) is 5.75 Å². The molecule has 2 N–H and O–H groups in total. The molecule has 3 aromatic carbocycles. The van der Waals surface area contributed by atoms with Crippen LogP contribution in [0.3, 0.4) is 0 Å². The summed E-state index contributed by atoms with van der Waals surface area (Å²) in [6.07, 6.45) is -4.55. The van der Waals surface area contributed by atoms with E-state index in [2.05, 4.69) is 5.32 Å². The third-order valence-electron chi connectivity index (χ3n) is 5.75. The van der Waals surface area contributed by atoms with Gasteiger partial charge in [0.25, 0.3) is 15.9 Å². The Balaban J connectivity index is 1.52. The zero-order chi connectivity index (χ0) is 27.7. The molecule has 1 amide bonds. The first kappa shape index (κ1) is 26.9. The van der Waals surface area contributed by atoms with Gasteiger partial charge in [0.05, 0.1) is 28.3 Å². The third kappa shape index (κ3) is 5.57. The van der Waals surface area contributed by atoms with Crippen molar-refractivity contribution in [1.82, 2.24) is 5.32 Å². The average molecular weight is 553 g/mol. The summed E-state index contributed by atoms with van der Waals surface area (Å²) in [5.41, 5.74) is -1.08. The first-order valence-electron chi connectivity index (χ1n) is 11.1. The van der Waals surface area contributed by atoms with Gasteiger partial charge in [-0.05, 0) is 60.5 Å². The van der Waals surface area contributed by atoms with E-state index in [1.807, 2.05) is 0 Å². The molecule has 1 heterocycles. The smallest absolute Gasteiger partial charge is 0.416 e. The Labute approximate surface area is 214 Å².